The lowest BCUT2D eigenvalue weighted by Crippen LogP contribution is -2.60. The number of unbranched alkanes of at least 4 members (excludes halogenated alkanes) is 9. The Labute approximate surface area is 337 Å². The molecule has 1 aliphatic heterocycles. The van der Waals surface area contributed by atoms with E-state index in [-0.39, 0.29) is 19.6 Å². The summed E-state index contributed by atoms with van der Waals surface area (Å²) in [5, 5.41) is 30.5. The van der Waals surface area contributed by atoms with Crippen molar-refractivity contribution in [1.29, 1.82) is 0 Å². The fourth-order valence-electron chi connectivity index (χ4n) is 5.76. The number of esters is 1. The van der Waals surface area contributed by atoms with Crippen molar-refractivity contribution in [3.05, 3.63) is 72.9 Å². The molecule has 0 saturated carbocycles. The maximum Gasteiger partial charge on any atom is 0.397 e. The molecule has 1 saturated heterocycles. The lowest BCUT2D eigenvalue weighted by molar-refractivity contribution is -0.301. The first-order valence-corrected chi connectivity index (χ1v) is 22.1. The average molecular weight is 813 g/mol. The van der Waals surface area contributed by atoms with Gasteiger partial charge in [-0.25, -0.2) is 4.18 Å². The normalized spacial score (nSPS) is 21.6. The number of allylic oxidation sites excluding steroid dienone is 12. The Morgan fingerprint density at radius 2 is 1.20 bits per heavy atom. The lowest BCUT2D eigenvalue weighted by atomic mass is 9.99. The van der Waals surface area contributed by atoms with Gasteiger partial charge < -0.3 is 34.3 Å². The van der Waals surface area contributed by atoms with Gasteiger partial charge in [0.2, 0.25) is 0 Å². The quantitative estimate of drug-likeness (QED) is 0.0214. The van der Waals surface area contributed by atoms with E-state index in [0.29, 0.717) is 13.0 Å². The summed E-state index contributed by atoms with van der Waals surface area (Å²) in [7, 11) is -5.07. The summed E-state index contributed by atoms with van der Waals surface area (Å²) in [6, 6.07) is 0. The summed E-state index contributed by atoms with van der Waals surface area (Å²) in [4.78, 5) is 12.8. The van der Waals surface area contributed by atoms with Gasteiger partial charge in [-0.3, -0.25) is 9.35 Å². The second kappa shape index (κ2) is 34.6. The highest BCUT2D eigenvalue weighted by Gasteiger charge is 2.48. The molecular weight excluding hydrogens is 741 g/mol. The Morgan fingerprint density at radius 1 is 0.696 bits per heavy atom. The maximum absolute atomic E-state index is 12.8. The van der Waals surface area contributed by atoms with Crippen molar-refractivity contribution >= 4 is 16.4 Å². The molecule has 6 unspecified atom stereocenters. The van der Waals surface area contributed by atoms with E-state index in [1.807, 2.05) is 12.2 Å². The molecule has 0 amide bonds. The summed E-state index contributed by atoms with van der Waals surface area (Å²) in [5.41, 5.74) is 0. The number of aliphatic hydroxyl groups is 3. The minimum atomic E-state index is -5.07. The Kier molecular flexibility index (Phi) is 31.8. The van der Waals surface area contributed by atoms with Crippen molar-refractivity contribution in [2.75, 3.05) is 26.4 Å². The van der Waals surface area contributed by atoms with Gasteiger partial charge in [0, 0.05) is 13.0 Å². The van der Waals surface area contributed by atoms with Gasteiger partial charge >= 0.3 is 16.4 Å². The summed E-state index contributed by atoms with van der Waals surface area (Å²) >= 11 is 0. The van der Waals surface area contributed by atoms with Gasteiger partial charge in [0.1, 0.15) is 30.5 Å². The van der Waals surface area contributed by atoms with Gasteiger partial charge in [-0.05, 0) is 51.4 Å². The first-order chi connectivity index (χ1) is 27.1. The molecule has 0 radical (unpaired) electrons. The molecule has 1 rings (SSSR count). The van der Waals surface area contributed by atoms with Crippen molar-refractivity contribution in [2.24, 2.45) is 0 Å². The summed E-state index contributed by atoms with van der Waals surface area (Å²) in [6.45, 7) is 3.74. The Hall–Kier alpha value is -2.46. The predicted octanol–water partition coefficient (Wildman–Crippen LogP) is 7.96. The maximum atomic E-state index is 12.8. The van der Waals surface area contributed by atoms with Crippen molar-refractivity contribution in [2.45, 2.75) is 166 Å². The van der Waals surface area contributed by atoms with Gasteiger partial charge in [0.25, 0.3) is 0 Å². The number of hydrogen-bond acceptors (Lipinski definition) is 11. The number of aliphatic hydroxyl groups excluding tert-OH is 3. The Bertz CT molecular complexity index is 1260. The van der Waals surface area contributed by atoms with Crippen LogP contribution in [0.5, 0.6) is 0 Å². The zero-order valence-electron chi connectivity index (χ0n) is 33.9. The molecule has 56 heavy (non-hydrogen) atoms. The molecule has 322 valence electrons. The monoisotopic (exact) mass is 812 g/mol. The molecule has 6 atom stereocenters. The summed E-state index contributed by atoms with van der Waals surface area (Å²) in [6.07, 6.45) is 33.9. The van der Waals surface area contributed by atoms with Gasteiger partial charge in [-0.1, -0.05) is 145 Å². The van der Waals surface area contributed by atoms with Crippen LogP contribution in [-0.2, 0) is 38.3 Å². The number of carbonyl (C=O) groups excluding carboxylic acids is 1. The fraction of sp³-hybridized carbons (Fsp3) is 0.698. The average Bonchev–Trinajstić information content (AvgIpc) is 3.17. The van der Waals surface area contributed by atoms with Crippen LogP contribution >= 0.6 is 0 Å². The van der Waals surface area contributed by atoms with Gasteiger partial charge in [-0.15, -0.1) is 0 Å². The van der Waals surface area contributed by atoms with Crippen LogP contribution in [-0.4, -0.2) is 97.5 Å². The molecule has 0 aromatic carbocycles. The number of carbonyl (C=O) groups is 1. The first-order valence-electron chi connectivity index (χ1n) is 20.7. The topological polar surface area (TPSA) is 178 Å². The molecule has 4 N–H and O–H groups in total. The molecule has 0 aromatic heterocycles. The zero-order valence-corrected chi connectivity index (χ0v) is 34.7. The standard InChI is InChI=1S/C43H72O12S/c1-3-5-7-9-11-13-15-16-17-18-19-20-21-22-23-24-26-28-30-32-39(45)53-37(35-51-33-31-29-27-25-14-12-10-8-6-4-2)36-52-43-41(47)42(55-56(48,49)50)40(46)38(34-44)54-43/h5,7,11,13,16-17,19-20,22-23,26,28,37-38,40-44,46-47H,3-4,6,8-10,12,14-15,18,21,24-25,27,29-36H2,1-2H3,(H,48,49,50)/b7-5-,13-11-,17-16-,20-19-,23-22-,28-26-. The van der Waals surface area contributed by atoms with Crippen molar-refractivity contribution in [1.82, 2.24) is 0 Å². The fourth-order valence-corrected chi connectivity index (χ4v) is 6.26. The third-order valence-electron chi connectivity index (χ3n) is 8.86. The largest absolute Gasteiger partial charge is 0.457 e. The van der Waals surface area contributed by atoms with Crippen molar-refractivity contribution < 1.29 is 56.2 Å². The molecule has 1 heterocycles. The second-order valence-corrected chi connectivity index (χ2v) is 14.9. The predicted molar refractivity (Wildman–Crippen MR) is 220 cm³/mol. The highest BCUT2D eigenvalue weighted by Crippen LogP contribution is 2.26. The van der Waals surface area contributed by atoms with E-state index < -0.39 is 59.8 Å². The molecule has 1 aliphatic rings. The van der Waals surface area contributed by atoms with E-state index in [1.165, 1.54) is 44.9 Å². The van der Waals surface area contributed by atoms with Crippen LogP contribution in [0.3, 0.4) is 0 Å². The van der Waals surface area contributed by atoms with Crippen LogP contribution in [0.2, 0.25) is 0 Å². The smallest absolute Gasteiger partial charge is 0.397 e. The molecule has 0 aliphatic carbocycles. The van der Waals surface area contributed by atoms with Crippen LogP contribution in [0, 0.1) is 0 Å². The van der Waals surface area contributed by atoms with Crippen LogP contribution in [0.4, 0.5) is 0 Å². The number of hydrogen-bond donors (Lipinski definition) is 4. The van der Waals surface area contributed by atoms with E-state index >= 15 is 0 Å². The van der Waals surface area contributed by atoms with Gasteiger partial charge in [0.15, 0.2) is 6.29 Å². The molecular formula is C43H72O12S. The Balaban J connectivity index is 2.53. The van der Waals surface area contributed by atoms with Gasteiger partial charge in [-0.2, -0.15) is 8.42 Å². The van der Waals surface area contributed by atoms with E-state index in [0.717, 1.165) is 57.8 Å². The minimum Gasteiger partial charge on any atom is -0.457 e. The lowest BCUT2D eigenvalue weighted by Gasteiger charge is -2.41. The Morgan fingerprint density at radius 3 is 1.70 bits per heavy atom. The van der Waals surface area contributed by atoms with Gasteiger partial charge in [0.05, 0.1) is 19.8 Å². The molecule has 0 bridgehead atoms. The zero-order chi connectivity index (χ0) is 41.1. The minimum absolute atomic E-state index is 0.00287. The molecule has 13 heteroatoms. The van der Waals surface area contributed by atoms with Crippen LogP contribution in [0.15, 0.2) is 72.9 Å². The third-order valence-corrected chi connectivity index (χ3v) is 9.32. The van der Waals surface area contributed by atoms with E-state index in [1.54, 1.807) is 0 Å². The van der Waals surface area contributed by atoms with E-state index in [2.05, 4.69) is 78.8 Å². The van der Waals surface area contributed by atoms with Crippen LogP contribution in [0.1, 0.15) is 129 Å². The molecule has 0 aromatic rings. The first kappa shape index (κ1) is 51.6. The van der Waals surface area contributed by atoms with E-state index in [4.69, 9.17) is 23.5 Å². The second-order valence-electron chi connectivity index (χ2n) is 13.9. The molecule has 12 nitrogen and oxygen atoms in total. The van der Waals surface area contributed by atoms with Crippen LogP contribution in [0.25, 0.3) is 0 Å². The van der Waals surface area contributed by atoms with Crippen molar-refractivity contribution in [3.8, 4) is 0 Å². The highest BCUT2D eigenvalue weighted by molar-refractivity contribution is 7.80. The number of ether oxygens (including phenoxy) is 4. The van der Waals surface area contributed by atoms with Crippen molar-refractivity contribution in [3.63, 3.8) is 0 Å². The van der Waals surface area contributed by atoms with E-state index in [9.17, 15) is 28.5 Å². The van der Waals surface area contributed by atoms with Crippen LogP contribution < -0.4 is 0 Å². The third kappa shape index (κ3) is 28.0. The molecule has 0 spiro atoms. The summed E-state index contributed by atoms with van der Waals surface area (Å²) in [5.74, 6) is -0.484. The highest BCUT2D eigenvalue weighted by atomic mass is 32.3. The SMILES string of the molecule is CC/C=C\C/C=C\C/C=C\C/C=C\C/C=C\C/C=C\CCC(=O)OC(COCCCCCCCCCCCC)COC1OC(CO)C(O)C(OS(=O)(=O)O)C1O. The molecule has 1 fully saturated rings. The number of rotatable bonds is 34. The summed E-state index contributed by atoms with van der Waals surface area (Å²) < 4.78 is 58.7.